The summed E-state index contributed by atoms with van der Waals surface area (Å²) in [5.74, 6) is 0.369. The van der Waals surface area contributed by atoms with Crippen LogP contribution in [0.4, 0.5) is 0 Å². The average Bonchev–Trinajstić information content (AvgIpc) is 2.67. The molecule has 3 aromatic carbocycles. The van der Waals surface area contributed by atoms with Crippen molar-refractivity contribution >= 4 is 5.97 Å². The van der Waals surface area contributed by atoms with Gasteiger partial charge in [0.05, 0.1) is 5.56 Å². The number of carbonyl (C=O) groups excluding carboxylic acids is 1. The average molecular weight is 415 g/mol. The van der Waals surface area contributed by atoms with Gasteiger partial charge in [0.15, 0.2) is 0 Å². The van der Waals surface area contributed by atoms with Crippen LogP contribution in [0.2, 0.25) is 0 Å². The van der Waals surface area contributed by atoms with Gasteiger partial charge < -0.3 is 4.74 Å². The lowest BCUT2D eigenvalue weighted by atomic mass is 9.78. The van der Waals surface area contributed by atoms with Crippen LogP contribution in [0, 0.1) is 13.8 Å². The van der Waals surface area contributed by atoms with E-state index in [4.69, 9.17) is 4.74 Å². The number of rotatable bonds is 3. The molecule has 0 radical (unpaired) electrons. The Morgan fingerprint density at radius 1 is 0.710 bits per heavy atom. The van der Waals surface area contributed by atoms with Crippen LogP contribution in [0.15, 0.2) is 60.7 Å². The van der Waals surface area contributed by atoms with Gasteiger partial charge in [-0.3, -0.25) is 0 Å². The highest BCUT2D eigenvalue weighted by Gasteiger charge is 2.29. The van der Waals surface area contributed by atoms with Gasteiger partial charge in [0.25, 0.3) is 0 Å². The molecule has 31 heavy (non-hydrogen) atoms. The van der Waals surface area contributed by atoms with Crippen molar-refractivity contribution in [3.05, 3.63) is 88.5 Å². The molecule has 0 saturated heterocycles. The topological polar surface area (TPSA) is 26.3 Å². The fourth-order valence-corrected chi connectivity index (χ4v) is 3.92. The van der Waals surface area contributed by atoms with Crippen LogP contribution in [0.1, 0.15) is 74.2 Å². The molecule has 0 amide bonds. The molecule has 162 valence electrons. The van der Waals surface area contributed by atoms with Gasteiger partial charge in [-0.05, 0) is 47.4 Å². The Labute approximate surface area is 187 Å². The highest BCUT2D eigenvalue weighted by molar-refractivity contribution is 5.99. The third-order valence-electron chi connectivity index (χ3n) is 5.63. The van der Waals surface area contributed by atoms with Gasteiger partial charge >= 0.3 is 5.97 Å². The van der Waals surface area contributed by atoms with Crippen LogP contribution in [0.5, 0.6) is 5.75 Å². The van der Waals surface area contributed by atoms with E-state index in [1.807, 2.05) is 36.4 Å². The molecule has 0 saturated carbocycles. The number of esters is 1. The lowest BCUT2D eigenvalue weighted by Crippen LogP contribution is -2.22. The minimum atomic E-state index is -0.321. The first kappa shape index (κ1) is 22.8. The molecule has 3 aromatic rings. The number of aryl methyl sites for hydroxylation is 2. The molecule has 0 aliphatic heterocycles. The fourth-order valence-electron chi connectivity index (χ4n) is 3.92. The predicted molar refractivity (Wildman–Crippen MR) is 130 cm³/mol. The van der Waals surface area contributed by atoms with Crippen molar-refractivity contribution in [1.29, 1.82) is 0 Å². The van der Waals surface area contributed by atoms with Crippen molar-refractivity contribution in [2.75, 3.05) is 0 Å². The molecule has 2 heteroatoms. The standard InChI is InChI=1S/C29H34O2/c1-19-17-24(28(3,4)5)26(25(18-19)29(6,7)8)31-27(30)23-16-12-11-15-22(23)21-14-10-9-13-20(21)2/h9-18H,1-8H3. The maximum absolute atomic E-state index is 13.5. The number of carbonyl (C=O) groups is 1. The van der Waals surface area contributed by atoms with Crippen LogP contribution in [-0.2, 0) is 10.8 Å². The summed E-state index contributed by atoms with van der Waals surface area (Å²) in [4.78, 5) is 13.5. The third-order valence-corrected chi connectivity index (χ3v) is 5.63. The second-order valence-electron chi connectivity index (χ2n) is 10.4. The van der Waals surface area contributed by atoms with E-state index in [0.717, 1.165) is 27.8 Å². The van der Waals surface area contributed by atoms with E-state index in [-0.39, 0.29) is 16.8 Å². The molecular formula is C29H34O2. The van der Waals surface area contributed by atoms with E-state index in [1.165, 1.54) is 5.56 Å². The number of ether oxygens (including phenoxy) is 1. The molecule has 2 nitrogen and oxygen atoms in total. The molecule has 0 atom stereocenters. The van der Waals surface area contributed by atoms with Crippen molar-refractivity contribution in [1.82, 2.24) is 0 Å². The zero-order valence-corrected chi connectivity index (χ0v) is 20.1. The molecule has 3 rings (SSSR count). The highest BCUT2D eigenvalue weighted by Crippen LogP contribution is 2.41. The van der Waals surface area contributed by atoms with Gasteiger partial charge in [-0.1, -0.05) is 102 Å². The Balaban J connectivity index is 2.15. The molecule has 0 fully saturated rings. The van der Waals surface area contributed by atoms with Crippen molar-refractivity contribution < 1.29 is 9.53 Å². The summed E-state index contributed by atoms with van der Waals surface area (Å²) in [7, 11) is 0. The van der Waals surface area contributed by atoms with Crippen molar-refractivity contribution in [3.8, 4) is 16.9 Å². The summed E-state index contributed by atoms with van der Waals surface area (Å²) in [5.41, 5.74) is 6.63. The second kappa shape index (κ2) is 8.34. The molecule has 0 aromatic heterocycles. The number of hydrogen-bond acceptors (Lipinski definition) is 2. The largest absolute Gasteiger partial charge is 0.422 e. The summed E-state index contributed by atoms with van der Waals surface area (Å²) >= 11 is 0. The Morgan fingerprint density at radius 3 is 1.71 bits per heavy atom. The number of hydrogen-bond donors (Lipinski definition) is 0. The summed E-state index contributed by atoms with van der Waals surface area (Å²) in [6, 6.07) is 20.1. The number of benzene rings is 3. The van der Waals surface area contributed by atoms with E-state index >= 15 is 0 Å². The Hall–Kier alpha value is -2.87. The Bertz CT molecular complexity index is 1070. The Kier molecular flexibility index (Phi) is 6.14. The van der Waals surface area contributed by atoms with Gasteiger partial charge in [-0.25, -0.2) is 4.79 Å². The molecule has 0 aliphatic carbocycles. The van der Waals surface area contributed by atoms with Gasteiger partial charge in [-0.2, -0.15) is 0 Å². The van der Waals surface area contributed by atoms with Gasteiger partial charge in [0.1, 0.15) is 5.75 Å². The normalized spacial score (nSPS) is 12.0. The van der Waals surface area contributed by atoms with Gasteiger partial charge in [-0.15, -0.1) is 0 Å². The minimum Gasteiger partial charge on any atom is -0.422 e. The lowest BCUT2D eigenvalue weighted by Gasteiger charge is -2.30. The van der Waals surface area contributed by atoms with Crippen LogP contribution in [0.25, 0.3) is 11.1 Å². The maximum atomic E-state index is 13.5. The molecule has 0 aliphatic rings. The minimum absolute atomic E-state index is 0.156. The lowest BCUT2D eigenvalue weighted by molar-refractivity contribution is 0.0729. The first-order chi connectivity index (χ1) is 14.4. The zero-order chi connectivity index (χ0) is 23.0. The van der Waals surface area contributed by atoms with Crippen molar-refractivity contribution in [2.24, 2.45) is 0 Å². The predicted octanol–water partition coefficient (Wildman–Crippen LogP) is 7.78. The van der Waals surface area contributed by atoms with E-state index < -0.39 is 0 Å². The maximum Gasteiger partial charge on any atom is 0.344 e. The smallest absolute Gasteiger partial charge is 0.344 e. The van der Waals surface area contributed by atoms with Crippen LogP contribution < -0.4 is 4.74 Å². The molecule has 0 N–H and O–H groups in total. The first-order valence-electron chi connectivity index (χ1n) is 10.9. The molecule has 0 unspecified atom stereocenters. The van der Waals surface area contributed by atoms with E-state index in [1.54, 1.807) is 0 Å². The molecule has 0 bridgehead atoms. The monoisotopic (exact) mass is 414 g/mol. The summed E-state index contributed by atoms with van der Waals surface area (Å²) < 4.78 is 6.23. The molecular weight excluding hydrogens is 380 g/mol. The second-order valence-corrected chi connectivity index (χ2v) is 10.4. The van der Waals surface area contributed by atoms with E-state index in [2.05, 4.69) is 79.7 Å². The van der Waals surface area contributed by atoms with Crippen molar-refractivity contribution in [2.45, 2.75) is 66.2 Å². The van der Waals surface area contributed by atoms with Crippen LogP contribution >= 0.6 is 0 Å². The quantitative estimate of drug-likeness (QED) is 0.323. The third kappa shape index (κ3) is 4.90. The summed E-state index contributed by atoms with van der Waals surface area (Å²) in [5, 5.41) is 0. The van der Waals surface area contributed by atoms with Gasteiger partial charge in [0, 0.05) is 11.1 Å². The van der Waals surface area contributed by atoms with E-state index in [9.17, 15) is 4.79 Å². The molecule has 0 heterocycles. The highest BCUT2D eigenvalue weighted by atomic mass is 16.5. The van der Waals surface area contributed by atoms with Crippen molar-refractivity contribution in [3.63, 3.8) is 0 Å². The van der Waals surface area contributed by atoms with Crippen LogP contribution in [0.3, 0.4) is 0 Å². The SMILES string of the molecule is Cc1cc(C(C)(C)C)c(OC(=O)c2ccccc2-c2ccccc2C)c(C(C)(C)C)c1. The Morgan fingerprint density at radius 2 is 1.19 bits per heavy atom. The summed E-state index contributed by atoms with van der Waals surface area (Å²) in [6.07, 6.45) is 0. The van der Waals surface area contributed by atoms with Crippen LogP contribution in [-0.4, -0.2) is 5.97 Å². The van der Waals surface area contributed by atoms with E-state index in [0.29, 0.717) is 11.3 Å². The zero-order valence-electron chi connectivity index (χ0n) is 20.1. The fraction of sp³-hybridized carbons (Fsp3) is 0.345. The first-order valence-corrected chi connectivity index (χ1v) is 10.9. The van der Waals surface area contributed by atoms with Gasteiger partial charge in [0.2, 0.25) is 0 Å². The summed E-state index contributed by atoms with van der Waals surface area (Å²) in [6.45, 7) is 17.1. The molecule has 0 spiro atoms.